The molecule has 92 valence electrons. The molecule has 1 aromatic heterocycles. The Morgan fingerprint density at radius 1 is 1.29 bits per heavy atom. The van der Waals surface area contributed by atoms with Crippen LogP contribution in [0.2, 0.25) is 0 Å². The predicted molar refractivity (Wildman–Crippen MR) is 64.4 cm³/mol. The fourth-order valence-electron chi connectivity index (χ4n) is 1.34. The van der Waals surface area contributed by atoms with Gasteiger partial charge < -0.3 is 16.4 Å². The van der Waals surface area contributed by atoms with Crippen LogP contribution in [0.3, 0.4) is 0 Å². The van der Waals surface area contributed by atoms with E-state index in [-0.39, 0.29) is 6.54 Å². The minimum absolute atomic E-state index is 0.270. The van der Waals surface area contributed by atoms with Crippen molar-refractivity contribution in [1.82, 2.24) is 10.3 Å². The number of anilines is 1. The maximum atomic E-state index is 11.4. The second-order valence-corrected chi connectivity index (χ2v) is 3.67. The molecular weight excluding hydrogens is 220 g/mol. The smallest absolute Gasteiger partial charge is 0.314 e. The summed E-state index contributed by atoms with van der Waals surface area (Å²) < 4.78 is 0. The van der Waals surface area contributed by atoms with Crippen molar-refractivity contribution in [1.29, 1.82) is 0 Å². The number of amides is 2. The second-order valence-electron chi connectivity index (χ2n) is 3.67. The highest BCUT2D eigenvalue weighted by Gasteiger charge is 2.13. The van der Waals surface area contributed by atoms with E-state index in [1.54, 1.807) is 6.07 Å². The summed E-state index contributed by atoms with van der Waals surface area (Å²) in [5.74, 6) is -1.08. The van der Waals surface area contributed by atoms with Gasteiger partial charge in [-0.1, -0.05) is 0 Å². The zero-order valence-electron chi connectivity index (χ0n) is 9.91. The predicted octanol–water partition coefficient (Wildman–Crippen LogP) is -0.288. The van der Waals surface area contributed by atoms with Crippen LogP contribution in [-0.4, -0.2) is 29.9 Å². The molecule has 2 amide bonds. The number of hydrogen-bond acceptors (Lipinski definition) is 4. The van der Waals surface area contributed by atoms with Gasteiger partial charge in [0.2, 0.25) is 0 Å². The lowest BCUT2D eigenvalue weighted by atomic mass is 10.2. The topological polar surface area (TPSA) is 97.1 Å². The normalized spacial score (nSPS) is 9.82. The Kier molecular flexibility index (Phi) is 4.59. The monoisotopic (exact) mass is 236 g/mol. The van der Waals surface area contributed by atoms with E-state index in [1.807, 2.05) is 19.9 Å². The Morgan fingerprint density at radius 3 is 2.59 bits per heavy atom. The van der Waals surface area contributed by atoms with Crippen LogP contribution in [0.25, 0.3) is 0 Å². The number of nitrogens with one attached hydrogen (secondary N) is 2. The minimum Gasteiger partial charge on any atom is -0.347 e. The average Bonchev–Trinajstić information content (AvgIpc) is 2.24. The van der Waals surface area contributed by atoms with Gasteiger partial charge in [-0.25, -0.2) is 4.98 Å². The SMILES string of the molecule is Cc1cc(C)nc(NC(=O)C(=O)NCCN)c1. The summed E-state index contributed by atoms with van der Waals surface area (Å²) >= 11 is 0. The molecule has 0 aliphatic heterocycles. The lowest BCUT2D eigenvalue weighted by Crippen LogP contribution is -2.38. The number of rotatable bonds is 3. The van der Waals surface area contributed by atoms with Crippen molar-refractivity contribution in [3.8, 4) is 0 Å². The first-order chi connectivity index (χ1) is 8.02. The summed E-state index contributed by atoms with van der Waals surface area (Å²) in [6.07, 6.45) is 0. The van der Waals surface area contributed by atoms with E-state index in [1.165, 1.54) is 0 Å². The Bertz CT molecular complexity index is 411. The molecule has 0 saturated heterocycles. The standard InChI is InChI=1S/C11H16N4O2/c1-7-5-8(2)14-9(6-7)15-11(17)10(16)13-4-3-12/h5-6H,3-4,12H2,1-2H3,(H,13,16)(H,14,15,17). The molecule has 1 rings (SSSR count). The van der Waals surface area contributed by atoms with Crippen LogP contribution in [0, 0.1) is 13.8 Å². The van der Waals surface area contributed by atoms with Crippen molar-refractivity contribution in [2.45, 2.75) is 13.8 Å². The van der Waals surface area contributed by atoms with Gasteiger partial charge in [0.15, 0.2) is 0 Å². The number of aromatic nitrogens is 1. The highest BCUT2D eigenvalue weighted by molar-refractivity contribution is 6.39. The number of pyridine rings is 1. The Balaban J connectivity index is 2.64. The van der Waals surface area contributed by atoms with Gasteiger partial charge in [0, 0.05) is 18.8 Å². The third-order valence-electron chi connectivity index (χ3n) is 1.98. The number of carbonyl (C=O) groups excluding carboxylic acids is 2. The molecule has 0 fully saturated rings. The van der Waals surface area contributed by atoms with E-state index < -0.39 is 11.8 Å². The van der Waals surface area contributed by atoms with Gasteiger partial charge in [-0.05, 0) is 31.5 Å². The first-order valence-electron chi connectivity index (χ1n) is 5.27. The summed E-state index contributed by atoms with van der Waals surface area (Å²) in [6.45, 7) is 4.27. The fourth-order valence-corrected chi connectivity index (χ4v) is 1.34. The highest BCUT2D eigenvalue weighted by Crippen LogP contribution is 2.08. The second kappa shape index (κ2) is 5.95. The summed E-state index contributed by atoms with van der Waals surface area (Å²) in [5.41, 5.74) is 6.96. The molecule has 0 aromatic carbocycles. The van der Waals surface area contributed by atoms with Crippen LogP contribution in [0.4, 0.5) is 5.82 Å². The molecule has 1 heterocycles. The molecule has 6 nitrogen and oxygen atoms in total. The van der Waals surface area contributed by atoms with Gasteiger partial charge in [-0.15, -0.1) is 0 Å². The van der Waals surface area contributed by atoms with E-state index in [2.05, 4.69) is 15.6 Å². The van der Waals surface area contributed by atoms with E-state index in [0.29, 0.717) is 12.4 Å². The molecule has 0 saturated carbocycles. The Hall–Kier alpha value is -1.95. The third kappa shape index (κ3) is 4.20. The van der Waals surface area contributed by atoms with Gasteiger partial charge in [0.1, 0.15) is 5.82 Å². The fraction of sp³-hybridized carbons (Fsp3) is 0.364. The molecule has 17 heavy (non-hydrogen) atoms. The molecule has 0 bridgehead atoms. The van der Waals surface area contributed by atoms with Crippen LogP contribution in [0.15, 0.2) is 12.1 Å². The van der Waals surface area contributed by atoms with E-state index >= 15 is 0 Å². The van der Waals surface area contributed by atoms with E-state index in [9.17, 15) is 9.59 Å². The molecule has 0 aliphatic carbocycles. The highest BCUT2D eigenvalue weighted by atomic mass is 16.2. The Morgan fingerprint density at radius 2 is 2.00 bits per heavy atom. The van der Waals surface area contributed by atoms with E-state index in [4.69, 9.17) is 5.73 Å². The summed E-state index contributed by atoms with van der Waals surface area (Å²) in [4.78, 5) is 26.8. The molecular formula is C11H16N4O2. The molecule has 0 unspecified atom stereocenters. The largest absolute Gasteiger partial charge is 0.347 e. The molecule has 1 aromatic rings. The quantitative estimate of drug-likeness (QED) is 0.628. The summed E-state index contributed by atoms with van der Waals surface area (Å²) in [6, 6.07) is 3.57. The lowest BCUT2D eigenvalue weighted by molar-refractivity contribution is -0.136. The maximum absolute atomic E-state index is 11.4. The number of aryl methyl sites for hydroxylation is 2. The first-order valence-corrected chi connectivity index (χ1v) is 5.27. The molecule has 4 N–H and O–H groups in total. The van der Waals surface area contributed by atoms with Crippen molar-refractivity contribution in [3.05, 3.63) is 23.4 Å². The molecule has 0 radical (unpaired) electrons. The number of nitrogens with two attached hydrogens (primary N) is 1. The van der Waals surface area contributed by atoms with Crippen LogP contribution in [-0.2, 0) is 9.59 Å². The minimum atomic E-state index is -0.740. The van der Waals surface area contributed by atoms with E-state index in [0.717, 1.165) is 11.3 Å². The van der Waals surface area contributed by atoms with Gasteiger partial charge >= 0.3 is 11.8 Å². The number of carbonyl (C=O) groups is 2. The van der Waals surface area contributed by atoms with Crippen molar-refractivity contribution in [2.75, 3.05) is 18.4 Å². The summed E-state index contributed by atoms with van der Waals surface area (Å²) in [7, 11) is 0. The molecule has 6 heteroatoms. The van der Waals surface area contributed by atoms with Crippen LogP contribution < -0.4 is 16.4 Å². The lowest BCUT2D eigenvalue weighted by Gasteiger charge is -2.06. The van der Waals surface area contributed by atoms with Gasteiger partial charge in [-0.2, -0.15) is 0 Å². The van der Waals surface area contributed by atoms with Crippen molar-refractivity contribution >= 4 is 17.6 Å². The van der Waals surface area contributed by atoms with Crippen molar-refractivity contribution in [3.63, 3.8) is 0 Å². The van der Waals surface area contributed by atoms with Gasteiger partial charge in [0.05, 0.1) is 0 Å². The van der Waals surface area contributed by atoms with Crippen LogP contribution in [0.5, 0.6) is 0 Å². The Labute approximate surface area is 99.6 Å². The first kappa shape index (κ1) is 13.1. The van der Waals surface area contributed by atoms with Gasteiger partial charge in [0.25, 0.3) is 0 Å². The molecule has 0 aliphatic rings. The average molecular weight is 236 g/mol. The number of hydrogen-bond donors (Lipinski definition) is 3. The van der Waals surface area contributed by atoms with Crippen LogP contribution >= 0.6 is 0 Å². The van der Waals surface area contributed by atoms with Crippen LogP contribution in [0.1, 0.15) is 11.3 Å². The molecule has 0 atom stereocenters. The van der Waals surface area contributed by atoms with Crippen molar-refractivity contribution < 1.29 is 9.59 Å². The maximum Gasteiger partial charge on any atom is 0.314 e. The zero-order valence-corrected chi connectivity index (χ0v) is 9.91. The van der Waals surface area contributed by atoms with Crippen molar-refractivity contribution in [2.24, 2.45) is 5.73 Å². The molecule has 0 spiro atoms. The zero-order chi connectivity index (χ0) is 12.8. The summed E-state index contributed by atoms with van der Waals surface area (Å²) in [5, 5.41) is 4.81. The third-order valence-corrected chi connectivity index (χ3v) is 1.98. The van der Waals surface area contributed by atoms with Gasteiger partial charge in [-0.3, -0.25) is 9.59 Å². The number of nitrogens with zero attached hydrogens (tertiary/aromatic N) is 1.